The van der Waals surface area contributed by atoms with Gasteiger partial charge in [-0.25, -0.2) is 0 Å². The molecule has 0 aliphatic rings. The van der Waals surface area contributed by atoms with Gasteiger partial charge in [0.05, 0.1) is 6.61 Å². The highest BCUT2D eigenvalue weighted by Crippen LogP contribution is 2.08. The van der Waals surface area contributed by atoms with Crippen LogP contribution in [-0.2, 0) is 4.74 Å². The third kappa shape index (κ3) is 8.34. The first-order chi connectivity index (χ1) is 4.77. The van der Waals surface area contributed by atoms with Crippen LogP contribution in [0.5, 0.6) is 0 Å². The van der Waals surface area contributed by atoms with Gasteiger partial charge in [-0.1, -0.05) is 18.2 Å². The van der Waals surface area contributed by atoms with Gasteiger partial charge in [-0.15, -0.1) is 0 Å². The predicted octanol–water partition coefficient (Wildman–Crippen LogP) is 2.51. The molecule has 60 valence electrons. The number of halogens is 1. The Bertz CT molecular complexity index is 95.6. The number of hydrogen-bond acceptors (Lipinski definition) is 2. The Morgan fingerprint density at radius 1 is 1.70 bits per heavy atom. The molecule has 0 aliphatic carbocycles. The van der Waals surface area contributed by atoms with Crippen LogP contribution in [0.3, 0.4) is 0 Å². The van der Waals surface area contributed by atoms with Gasteiger partial charge in [0.15, 0.2) is 0 Å². The summed E-state index contributed by atoms with van der Waals surface area (Å²) in [7, 11) is 0. The minimum absolute atomic E-state index is 0.710. The average Bonchev–Trinajstić information content (AvgIpc) is 1.87. The van der Waals surface area contributed by atoms with E-state index in [0.29, 0.717) is 5.03 Å². The molecule has 0 atom stereocenters. The Labute approximate surface area is 71.8 Å². The first-order valence-corrected chi connectivity index (χ1v) is 4.79. The Morgan fingerprint density at radius 3 is 2.90 bits per heavy atom. The second kappa shape index (κ2) is 7.45. The standard InChI is InChI=1S/C7H13ClOS/c1-3-9-4-5-10-6-7(2)8/h2-6H2,1H3. The van der Waals surface area contributed by atoms with Gasteiger partial charge in [-0.2, -0.15) is 11.8 Å². The summed E-state index contributed by atoms with van der Waals surface area (Å²) in [6.07, 6.45) is 0. The number of rotatable bonds is 6. The van der Waals surface area contributed by atoms with Gasteiger partial charge in [-0.3, -0.25) is 0 Å². The Morgan fingerprint density at radius 2 is 2.40 bits per heavy atom. The van der Waals surface area contributed by atoms with E-state index in [1.165, 1.54) is 0 Å². The van der Waals surface area contributed by atoms with Gasteiger partial charge < -0.3 is 4.74 Å². The molecule has 0 aromatic rings. The molecule has 0 N–H and O–H groups in total. The molecule has 0 amide bonds. The molecule has 0 radical (unpaired) electrons. The maximum atomic E-state index is 5.53. The van der Waals surface area contributed by atoms with Crippen LogP contribution >= 0.6 is 23.4 Å². The van der Waals surface area contributed by atoms with Crippen molar-refractivity contribution in [3.8, 4) is 0 Å². The molecule has 0 aliphatic heterocycles. The maximum Gasteiger partial charge on any atom is 0.0556 e. The van der Waals surface area contributed by atoms with Crippen LogP contribution in [0.15, 0.2) is 11.6 Å². The van der Waals surface area contributed by atoms with Gasteiger partial charge in [-0.05, 0) is 6.92 Å². The molecule has 0 aromatic heterocycles. The fourth-order valence-corrected chi connectivity index (χ4v) is 1.28. The number of ether oxygens (including phenoxy) is 1. The lowest BCUT2D eigenvalue weighted by molar-refractivity contribution is 0.164. The molecular weight excluding hydrogens is 168 g/mol. The molecule has 10 heavy (non-hydrogen) atoms. The SMILES string of the molecule is C=C(Cl)CSCCOCC. The fraction of sp³-hybridized carbons (Fsp3) is 0.714. The second-order valence-electron chi connectivity index (χ2n) is 1.77. The zero-order valence-corrected chi connectivity index (χ0v) is 7.80. The van der Waals surface area contributed by atoms with Gasteiger partial charge in [0, 0.05) is 23.1 Å². The summed E-state index contributed by atoms with van der Waals surface area (Å²) in [4.78, 5) is 0. The number of thioether (sulfide) groups is 1. The zero-order chi connectivity index (χ0) is 7.82. The fourth-order valence-electron chi connectivity index (χ4n) is 0.445. The van der Waals surface area contributed by atoms with Crippen molar-refractivity contribution in [2.75, 3.05) is 24.7 Å². The van der Waals surface area contributed by atoms with Crippen LogP contribution in [0.2, 0.25) is 0 Å². The van der Waals surface area contributed by atoms with Crippen LogP contribution in [0.1, 0.15) is 6.92 Å². The Balaban J connectivity index is 2.84. The summed E-state index contributed by atoms with van der Waals surface area (Å²) in [6, 6.07) is 0. The summed E-state index contributed by atoms with van der Waals surface area (Å²) in [5.74, 6) is 1.83. The molecule has 3 heteroatoms. The van der Waals surface area contributed by atoms with E-state index in [9.17, 15) is 0 Å². The molecule has 0 fully saturated rings. The predicted molar refractivity (Wildman–Crippen MR) is 48.8 cm³/mol. The lowest BCUT2D eigenvalue weighted by Crippen LogP contribution is -1.96. The van der Waals surface area contributed by atoms with E-state index in [1.807, 2.05) is 6.92 Å². The summed E-state index contributed by atoms with van der Waals surface area (Å²) in [5, 5.41) is 0.710. The third-order valence-corrected chi connectivity index (χ3v) is 2.13. The van der Waals surface area contributed by atoms with E-state index in [-0.39, 0.29) is 0 Å². The quantitative estimate of drug-likeness (QED) is 0.581. The van der Waals surface area contributed by atoms with Crippen LogP contribution in [0.4, 0.5) is 0 Å². The molecule has 0 spiro atoms. The summed E-state index contributed by atoms with van der Waals surface area (Å²) in [6.45, 7) is 7.17. The molecule has 0 bridgehead atoms. The van der Waals surface area contributed by atoms with Crippen molar-refractivity contribution in [2.24, 2.45) is 0 Å². The minimum Gasteiger partial charge on any atom is -0.381 e. The molecule has 0 heterocycles. The van der Waals surface area contributed by atoms with Crippen LogP contribution in [-0.4, -0.2) is 24.7 Å². The van der Waals surface area contributed by atoms with E-state index < -0.39 is 0 Å². The van der Waals surface area contributed by atoms with Crippen molar-refractivity contribution in [2.45, 2.75) is 6.92 Å². The normalized spacial score (nSPS) is 9.80. The number of hydrogen-bond donors (Lipinski definition) is 0. The van der Waals surface area contributed by atoms with Crippen LogP contribution < -0.4 is 0 Å². The maximum absolute atomic E-state index is 5.53. The summed E-state index contributed by atoms with van der Waals surface area (Å²) in [5.41, 5.74) is 0. The molecule has 0 saturated carbocycles. The third-order valence-electron chi connectivity index (χ3n) is 0.835. The topological polar surface area (TPSA) is 9.23 Å². The molecule has 0 aromatic carbocycles. The van der Waals surface area contributed by atoms with Gasteiger partial charge >= 0.3 is 0 Å². The van der Waals surface area contributed by atoms with Gasteiger partial charge in [0.1, 0.15) is 0 Å². The van der Waals surface area contributed by atoms with Crippen molar-refractivity contribution in [3.05, 3.63) is 11.6 Å². The van der Waals surface area contributed by atoms with E-state index in [4.69, 9.17) is 16.3 Å². The molecule has 0 unspecified atom stereocenters. The van der Waals surface area contributed by atoms with Crippen molar-refractivity contribution in [1.82, 2.24) is 0 Å². The Kier molecular flexibility index (Phi) is 7.70. The van der Waals surface area contributed by atoms with Crippen molar-refractivity contribution in [1.29, 1.82) is 0 Å². The molecule has 1 nitrogen and oxygen atoms in total. The molecule has 0 rings (SSSR count). The van der Waals surface area contributed by atoms with Crippen molar-refractivity contribution < 1.29 is 4.74 Å². The highest BCUT2D eigenvalue weighted by Gasteiger charge is 1.89. The van der Waals surface area contributed by atoms with E-state index in [1.54, 1.807) is 11.8 Å². The monoisotopic (exact) mass is 180 g/mol. The zero-order valence-electron chi connectivity index (χ0n) is 6.23. The summed E-state index contributed by atoms with van der Waals surface area (Å²) >= 11 is 7.28. The largest absolute Gasteiger partial charge is 0.381 e. The molecular formula is C7H13ClOS. The first kappa shape index (κ1) is 10.3. The van der Waals surface area contributed by atoms with Crippen LogP contribution in [0, 0.1) is 0 Å². The van der Waals surface area contributed by atoms with Gasteiger partial charge in [0.2, 0.25) is 0 Å². The van der Waals surface area contributed by atoms with Gasteiger partial charge in [0.25, 0.3) is 0 Å². The smallest absolute Gasteiger partial charge is 0.0556 e. The second-order valence-corrected chi connectivity index (χ2v) is 3.41. The Hall–Kier alpha value is 0.340. The van der Waals surface area contributed by atoms with E-state index >= 15 is 0 Å². The van der Waals surface area contributed by atoms with E-state index in [2.05, 4.69) is 6.58 Å². The highest BCUT2D eigenvalue weighted by atomic mass is 35.5. The average molecular weight is 181 g/mol. The van der Waals surface area contributed by atoms with Crippen LogP contribution in [0.25, 0.3) is 0 Å². The van der Waals surface area contributed by atoms with Crippen molar-refractivity contribution in [3.63, 3.8) is 0 Å². The first-order valence-electron chi connectivity index (χ1n) is 3.26. The van der Waals surface area contributed by atoms with Crippen molar-refractivity contribution >= 4 is 23.4 Å². The lowest BCUT2D eigenvalue weighted by Gasteiger charge is -1.99. The van der Waals surface area contributed by atoms with E-state index in [0.717, 1.165) is 24.7 Å². The molecule has 0 saturated heterocycles. The summed E-state index contributed by atoms with van der Waals surface area (Å²) < 4.78 is 5.12. The lowest BCUT2D eigenvalue weighted by atomic mass is 10.7. The minimum atomic E-state index is 0.710. The highest BCUT2D eigenvalue weighted by molar-refractivity contribution is 7.99.